The third-order valence-electron chi connectivity index (χ3n) is 4.40. The summed E-state index contributed by atoms with van der Waals surface area (Å²) in [7, 11) is 0. The Morgan fingerprint density at radius 2 is 1.65 bits per heavy atom. The lowest BCUT2D eigenvalue weighted by molar-refractivity contribution is -0.240. The number of esters is 3. The first kappa shape index (κ1) is 26.6. The Balaban J connectivity index is 2.66. The molecule has 1 aromatic rings. The molecule has 0 unspecified atom stereocenters. The number of carbonyl (C=O) groups excluding carboxylic acids is 4. The SMILES string of the molecule is CC(=O)OC[C@H]1O[C@@H](n2ccc(=O)[nH]c2=O)[C@@H](NC(=O)C(F)(F)F)[C@@H](OC(C)=O)[C@@H]1OC(C)=O. The molecule has 16 heteroatoms. The lowest BCUT2D eigenvalue weighted by Gasteiger charge is -2.45. The number of aromatic nitrogens is 2. The van der Waals surface area contributed by atoms with Gasteiger partial charge in [-0.05, 0) is 0 Å². The standard InChI is InChI=1S/C18H20F3N3O10/c1-7(25)31-6-10-13(32-8(2)26)14(33-9(3)27)12(23-16(29)18(19,20)21)15(34-10)24-5-4-11(28)22-17(24)30/h4-5,10,12-15H,6H2,1-3H3,(H,23,29)(H,22,28,30)/t10-,12+,13-,14-,15-/m1/s1. The topological polar surface area (TPSA) is 172 Å². The molecule has 1 saturated heterocycles. The van der Waals surface area contributed by atoms with Crippen LogP contribution in [0.3, 0.4) is 0 Å². The van der Waals surface area contributed by atoms with Crippen molar-refractivity contribution in [3.05, 3.63) is 33.1 Å². The van der Waals surface area contributed by atoms with Crippen LogP contribution in [0.15, 0.2) is 21.9 Å². The van der Waals surface area contributed by atoms with Gasteiger partial charge in [-0.25, -0.2) is 4.79 Å². The molecule has 2 N–H and O–H groups in total. The number of H-pyrrole nitrogens is 1. The van der Waals surface area contributed by atoms with Gasteiger partial charge < -0.3 is 24.3 Å². The van der Waals surface area contributed by atoms with E-state index in [1.807, 2.05) is 4.98 Å². The number of halogens is 3. The minimum absolute atomic E-state index is 0.615. The lowest BCUT2D eigenvalue weighted by atomic mass is 9.94. The van der Waals surface area contributed by atoms with E-state index in [1.165, 1.54) is 0 Å². The highest BCUT2D eigenvalue weighted by Gasteiger charge is 2.53. The third kappa shape index (κ3) is 6.66. The summed E-state index contributed by atoms with van der Waals surface area (Å²) < 4.78 is 60.3. The maximum atomic E-state index is 13.0. The molecule has 5 atom stereocenters. The monoisotopic (exact) mass is 495 g/mol. The first-order chi connectivity index (χ1) is 15.7. The van der Waals surface area contributed by atoms with Gasteiger partial charge in [-0.1, -0.05) is 0 Å². The second-order valence-corrected chi connectivity index (χ2v) is 7.03. The molecule has 1 amide bonds. The van der Waals surface area contributed by atoms with Crippen molar-refractivity contribution in [1.29, 1.82) is 0 Å². The molecule has 2 rings (SSSR count). The van der Waals surface area contributed by atoms with E-state index < -0.39 is 78.4 Å². The molecule has 0 aliphatic carbocycles. The zero-order valence-electron chi connectivity index (χ0n) is 17.9. The van der Waals surface area contributed by atoms with Gasteiger partial charge in [0.1, 0.15) is 18.8 Å². The smallest absolute Gasteiger partial charge is 0.463 e. The van der Waals surface area contributed by atoms with E-state index in [-0.39, 0.29) is 0 Å². The predicted molar refractivity (Wildman–Crippen MR) is 101 cm³/mol. The highest BCUT2D eigenvalue weighted by atomic mass is 19.4. The van der Waals surface area contributed by atoms with Crippen LogP contribution in [0.4, 0.5) is 13.2 Å². The molecule has 1 fully saturated rings. The van der Waals surface area contributed by atoms with Crippen molar-refractivity contribution in [2.45, 2.75) is 57.5 Å². The molecular formula is C18H20F3N3O10. The molecule has 1 aromatic heterocycles. The number of rotatable bonds is 6. The summed E-state index contributed by atoms with van der Waals surface area (Å²) >= 11 is 0. The van der Waals surface area contributed by atoms with Crippen LogP contribution in [0.25, 0.3) is 0 Å². The van der Waals surface area contributed by atoms with E-state index in [4.69, 9.17) is 18.9 Å². The van der Waals surface area contributed by atoms with E-state index >= 15 is 0 Å². The summed E-state index contributed by atoms with van der Waals surface area (Å²) in [6.07, 6.45) is -11.4. The molecule has 0 bridgehead atoms. The van der Waals surface area contributed by atoms with Gasteiger partial charge in [0.05, 0.1) is 0 Å². The van der Waals surface area contributed by atoms with Crippen LogP contribution >= 0.6 is 0 Å². The Bertz CT molecular complexity index is 1070. The van der Waals surface area contributed by atoms with Crippen LogP contribution in [-0.4, -0.2) is 70.5 Å². The van der Waals surface area contributed by atoms with E-state index in [0.717, 1.165) is 33.0 Å². The van der Waals surface area contributed by atoms with Gasteiger partial charge in [0.2, 0.25) is 0 Å². The second-order valence-electron chi connectivity index (χ2n) is 7.03. The summed E-state index contributed by atoms with van der Waals surface area (Å²) in [4.78, 5) is 72.1. The van der Waals surface area contributed by atoms with Crippen molar-refractivity contribution >= 4 is 23.8 Å². The van der Waals surface area contributed by atoms with Crippen molar-refractivity contribution in [1.82, 2.24) is 14.9 Å². The molecule has 1 aliphatic rings. The minimum atomic E-state index is -5.40. The number of hydrogen-bond acceptors (Lipinski definition) is 10. The number of nitrogens with zero attached hydrogens (tertiary/aromatic N) is 1. The van der Waals surface area contributed by atoms with Gasteiger partial charge in [-0.2, -0.15) is 13.2 Å². The fourth-order valence-corrected chi connectivity index (χ4v) is 3.17. The number of ether oxygens (including phenoxy) is 4. The third-order valence-corrected chi connectivity index (χ3v) is 4.40. The highest BCUT2D eigenvalue weighted by molar-refractivity contribution is 5.82. The summed E-state index contributed by atoms with van der Waals surface area (Å²) in [6.45, 7) is 2.23. The van der Waals surface area contributed by atoms with E-state index in [2.05, 4.69) is 0 Å². The van der Waals surface area contributed by atoms with Crippen LogP contribution in [0, 0.1) is 0 Å². The van der Waals surface area contributed by atoms with Crippen molar-refractivity contribution in [3.8, 4) is 0 Å². The Morgan fingerprint density at radius 1 is 1.06 bits per heavy atom. The van der Waals surface area contributed by atoms with Crippen molar-refractivity contribution in [2.75, 3.05) is 6.61 Å². The Kier molecular flexibility index (Phi) is 8.20. The van der Waals surface area contributed by atoms with E-state index in [0.29, 0.717) is 4.57 Å². The van der Waals surface area contributed by atoms with Crippen molar-refractivity contribution in [3.63, 3.8) is 0 Å². The fourth-order valence-electron chi connectivity index (χ4n) is 3.17. The lowest BCUT2D eigenvalue weighted by Crippen LogP contribution is -2.66. The van der Waals surface area contributed by atoms with Gasteiger partial charge in [0, 0.05) is 33.0 Å². The first-order valence-corrected chi connectivity index (χ1v) is 9.53. The predicted octanol–water partition coefficient (Wildman–Crippen LogP) is -1.09. The zero-order valence-corrected chi connectivity index (χ0v) is 17.9. The quantitative estimate of drug-likeness (QED) is 0.365. The summed E-state index contributed by atoms with van der Waals surface area (Å²) in [6, 6.07) is -1.12. The van der Waals surface area contributed by atoms with Crippen LogP contribution in [0.1, 0.15) is 27.0 Å². The summed E-state index contributed by atoms with van der Waals surface area (Å²) in [5.41, 5.74) is -2.00. The van der Waals surface area contributed by atoms with Crippen molar-refractivity contribution in [2.24, 2.45) is 0 Å². The summed E-state index contributed by atoms with van der Waals surface area (Å²) in [5, 5.41) is 1.58. The number of nitrogens with one attached hydrogen (secondary N) is 2. The van der Waals surface area contributed by atoms with E-state index in [9.17, 15) is 41.9 Å². The minimum Gasteiger partial charge on any atom is -0.463 e. The van der Waals surface area contributed by atoms with Crippen LogP contribution in [0.5, 0.6) is 0 Å². The number of carbonyl (C=O) groups is 4. The molecule has 1 aliphatic heterocycles. The van der Waals surface area contributed by atoms with Gasteiger partial charge >= 0.3 is 35.7 Å². The summed E-state index contributed by atoms with van der Waals surface area (Å²) in [5.74, 6) is -5.31. The normalized spacial score (nSPS) is 24.6. The maximum absolute atomic E-state index is 13.0. The van der Waals surface area contributed by atoms with Crippen LogP contribution < -0.4 is 16.6 Å². The van der Waals surface area contributed by atoms with Crippen molar-refractivity contribution < 1.29 is 51.3 Å². The van der Waals surface area contributed by atoms with Crippen LogP contribution in [-0.2, 0) is 38.1 Å². The Hall–Kier alpha value is -3.69. The second kappa shape index (κ2) is 10.5. The maximum Gasteiger partial charge on any atom is 0.471 e. The average Bonchev–Trinajstić information content (AvgIpc) is 2.68. The molecular weight excluding hydrogens is 475 g/mol. The number of alkyl halides is 3. The highest BCUT2D eigenvalue weighted by Crippen LogP contribution is 2.32. The van der Waals surface area contributed by atoms with Gasteiger partial charge in [0.15, 0.2) is 18.4 Å². The van der Waals surface area contributed by atoms with Crippen LogP contribution in [0.2, 0.25) is 0 Å². The Labute approximate surface area is 188 Å². The number of hydrogen-bond donors (Lipinski definition) is 2. The fraction of sp³-hybridized carbons (Fsp3) is 0.556. The number of amides is 1. The van der Waals surface area contributed by atoms with Gasteiger partial charge in [-0.3, -0.25) is 33.5 Å². The van der Waals surface area contributed by atoms with Gasteiger partial charge in [0.25, 0.3) is 5.56 Å². The molecule has 0 aromatic carbocycles. The average molecular weight is 495 g/mol. The number of aromatic amines is 1. The van der Waals surface area contributed by atoms with Gasteiger partial charge in [-0.15, -0.1) is 0 Å². The molecule has 13 nitrogen and oxygen atoms in total. The molecule has 2 heterocycles. The molecule has 0 radical (unpaired) electrons. The largest absolute Gasteiger partial charge is 0.471 e. The zero-order chi connectivity index (χ0) is 25.8. The molecule has 0 saturated carbocycles. The Morgan fingerprint density at radius 3 is 2.15 bits per heavy atom. The van der Waals surface area contributed by atoms with E-state index in [1.54, 1.807) is 5.32 Å². The molecule has 34 heavy (non-hydrogen) atoms. The first-order valence-electron chi connectivity index (χ1n) is 9.53. The molecule has 188 valence electrons. The molecule has 0 spiro atoms.